The van der Waals surface area contributed by atoms with Crippen LogP contribution in [0.3, 0.4) is 0 Å². The van der Waals surface area contributed by atoms with Crippen molar-refractivity contribution in [1.29, 1.82) is 0 Å². The molecule has 1 aliphatic rings. The number of thioether (sulfide) groups is 1. The lowest BCUT2D eigenvalue weighted by atomic mass is 10.2. The molecule has 0 amide bonds. The Morgan fingerprint density at radius 3 is 2.95 bits per heavy atom. The van der Waals surface area contributed by atoms with Crippen LogP contribution in [0.4, 0.5) is 5.69 Å². The summed E-state index contributed by atoms with van der Waals surface area (Å²) in [5.74, 6) is 0.756. The third kappa shape index (κ3) is 3.23. The van der Waals surface area contributed by atoms with Gasteiger partial charge >= 0.3 is 5.97 Å². The lowest BCUT2D eigenvalue weighted by Gasteiger charge is -2.33. The molecule has 110 valence electrons. The minimum atomic E-state index is -0.976. The van der Waals surface area contributed by atoms with E-state index in [9.17, 15) is 9.90 Å². The molecule has 1 aromatic heterocycles. The first-order valence-electron chi connectivity index (χ1n) is 6.99. The molecule has 1 N–H and O–H groups in total. The molecule has 0 radical (unpaired) electrons. The van der Waals surface area contributed by atoms with Crippen LogP contribution in [0.1, 0.15) is 49.4 Å². The molecule has 1 unspecified atom stereocenters. The normalized spacial score (nSPS) is 19.4. The summed E-state index contributed by atoms with van der Waals surface area (Å²) < 4.78 is 0. The van der Waals surface area contributed by atoms with Crippen molar-refractivity contribution in [3.63, 3.8) is 0 Å². The summed E-state index contributed by atoms with van der Waals surface area (Å²) in [5, 5.41) is 9.95. The van der Waals surface area contributed by atoms with Crippen molar-refractivity contribution in [3.8, 4) is 0 Å². The fourth-order valence-electron chi connectivity index (χ4n) is 2.24. The summed E-state index contributed by atoms with van der Waals surface area (Å²) in [4.78, 5) is 22.1. The summed E-state index contributed by atoms with van der Waals surface area (Å²) in [6.45, 7) is 7.81. The topological polar surface area (TPSA) is 66.3 Å². The molecule has 20 heavy (non-hydrogen) atoms. The van der Waals surface area contributed by atoms with Crippen LogP contribution < -0.4 is 4.90 Å². The Kier molecular flexibility index (Phi) is 4.86. The first kappa shape index (κ1) is 15.1. The summed E-state index contributed by atoms with van der Waals surface area (Å²) in [5.41, 5.74) is 0.783. The number of hydrogen-bond acceptors (Lipinski definition) is 5. The smallest absolute Gasteiger partial charge is 0.356 e. The van der Waals surface area contributed by atoms with E-state index < -0.39 is 5.97 Å². The number of nitrogens with zero attached hydrogens (tertiary/aromatic N) is 3. The van der Waals surface area contributed by atoms with E-state index in [0.717, 1.165) is 25.3 Å². The Labute approximate surface area is 123 Å². The zero-order valence-electron chi connectivity index (χ0n) is 12.2. The summed E-state index contributed by atoms with van der Waals surface area (Å²) >= 11 is 1.95. The Bertz CT molecular complexity index is 493. The van der Waals surface area contributed by atoms with E-state index in [0.29, 0.717) is 16.8 Å². The van der Waals surface area contributed by atoms with Crippen molar-refractivity contribution >= 4 is 23.4 Å². The van der Waals surface area contributed by atoms with Gasteiger partial charge in [0.15, 0.2) is 5.69 Å². The number of aromatic carboxylic acids is 1. The van der Waals surface area contributed by atoms with Gasteiger partial charge in [0.05, 0.1) is 11.9 Å². The van der Waals surface area contributed by atoms with Gasteiger partial charge in [-0.15, -0.1) is 0 Å². The summed E-state index contributed by atoms with van der Waals surface area (Å²) in [7, 11) is 0. The molecule has 0 aromatic carbocycles. The Morgan fingerprint density at radius 1 is 1.60 bits per heavy atom. The minimum Gasteiger partial charge on any atom is -0.476 e. The summed E-state index contributed by atoms with van der Waals surface area (Å²) in [6.07, 6.45) is 2.77. The quantitative estimate of drug-likeness (QED) is 0.921. The fraction of sp³-hybridized carbons (Fsp3) is 0.643. The van der Waals surface area contributed by atoms with Crippen LogP contribution >= 0.6 is 11.8 Å². The molecule has 6 heteroatoms. The molecule has 2 rings (SSSR count). The van der Waals surface area contributed by atoms with Crippen LogP contribution in [0.2, 0.25) is 0 Å². The molecule has 1 aromatic rings. The number of hydrogen-bond donors (Lipinski definition) is 1. The molecular formula is C14H21N3O2S. The molecule has 1 aliphatic heterocycles. The van der Waals surface area contributed by atoms with E-state index >= 15 is 0 Å². The number of anilines is 1. The zero-order valence-corrected chi connectivity index (χ0v) is 13.0. The second-order valence-corrected chi connectivity index (χ2v) is 6.68. The van der Waals surface area contributed by atoms with Gasteiger partial charge in [-0.25, -0.2) is 14.8 Å². The van der Waals surface area contributed by atoms with Crippen LogP contribution in [0.25, 0.3) is 0 Å². The van der Waals surface area contributed by atoms with E-state index in [1.54, 1.807) is 6.20 Å². The van der Waals surface area contributed by atoms with Crippen molar-refractivity contribution in [1.82, 2.24) is 9.97 Å². The average molecular weight is 295 g/mol. The van der Waals surface area contributed by atoms with Gasteiger partial charge in [-0.3, -0.25) is 0 Å². The second-order valence-electron chi connectivity index (χ2n) is 5.27. The Morgan fingerprint density at radius 2 is 2.35 bits per heavy atom. The number of carbonyl (C=O) groups is 1. The van der Waals surface area contributed by atoms with Crippen molar-refractivity contribution in [3.05, 3.63) is 17.7 Å². The minimum absolute atomic E-state index is 0.127. The molecule has 2 heterocycles. The van der Waals surface area contributed by atoms with Crippen molar-refractivity contribution in [2.24, 2.45) is 0 Å². The zero-order chi connectivity index (χ0) is 14.7. The standard InChI is InChI=1S/C14H21N3O2S/c1-4-10-8-17(5-6-20-10)11-7-15-13(9(2)3)16-12(11)14(18)19/h7,9-10H,4-6,8H2,1-3H3,(H,18,19). The van der Waals surface area contributed by atoms with E-state index in [-0.39, 0.29) is 11.6 Å². The molecule has 0 aliphatic carbocycles. The molecule has 5 nitrogen and oxygen atoms in total. The maximum Gasteiger partial charge on any atom is 0.356 e. The second kappa shape index (κ2) is 6.43. The van der Waals surface area contributed by atoms with Gasteiger partial charge in [0.2, 0.25) is 0 Å². The third-order valence-electron chi connectivity index (χ3n) is 3.44. The first-order chi connectivity index (χ1) is 9.52. The van der Waals surface area contributed by atoms with E-state index in [1.807, 2.05) is 25.6 Å². The highest BCUT2D eigenvalue weighted by atomic mass is 32.2. The van der Waals surface area contributed by atoms with Gasteiger partial charge < -0.3 is 10.0 Å². The highest BCUT2D eigenvalue weighted by molar-refractivity contribution is 8.00. The monoisotopic (exact) mass is 295 g/mol. The van der Waals surface area contributed by atoms with Crippen LogP contribution in [0.5, 0.6) is 0 Å². The highest BCUT2D eigenvalue weighted by Crippen LogP contribution is 2.27. The fourth-order valence-corrected chi connectivity index (χ4v) is 3.42. The van der Waals surface area contributed by atoms with Gasteiger partial charge in [-0.05, 0) is 6.42 Å². The molecule has 1 atom stereocenters. The molecule has 1 fully saturated rings. The average Bonchev–Trinajstić information content (AvgIpc) is 2.46. The van der Waals surface area contributed by atoms with E-state index in [4.69, 9.17) is 0 Å². The maximum atomic E-state index is 11.5. The molecule has 0 spiro atoms. The Balaban J connectivity index is 2.32. The van der Waals surface area contributed by atoms with E-state index in [1.165, 1.54) is 0 Å². The van der Waals surface area contributed by atoms with Crippen LogP contribution in [0, 0.1) is 0 Å². The van der Waals surface area contributed by atoms with Crippen molar-refractivity contribution < 1.29 is 9.90 Å². The highest BCUT2D eigenvalue weighted by Gasteiger charge is 2.25. The SMILES string of the molecule is CCC1CN(c2cnc(C(C)C)nc2C(=O)O)CCS1. The number of rotatable bonds is 4. The molecule has 0 bridgehead atoms. The first-order valence-corrected chi connectivity index (χ1v) is 8.04. The van der Waals surface area contributed by atoms with Gasteiger partial charge in [0, 0.05) is 30.0 Å². The van der Waals surface area contributed by atoms with Crippen molar-refractivity contribution in [2.45, 2.75) is 38.4 Å². The van der Waals surface area contributed by atoms with Crippen LogP contribution in [-0.4, -0.2) is 45.1 Å². The largest absolute Gasteiger partial charge is 0.476 e. The predicted octanol–water partition coefficient (Wildman–Crippen LogP) is 2.63. The Hall–Kier alpha value is -1.30. The molecule has 1 saturated heterocycles. The van der Waals surface area contributed by atoms with Gasteiger partial charge in [0.1, 0.15) is 5.82 Å². The number of aromatic nitrogens is 2. The number of carboxylic acids is 1. The lowest BCUT2D eigenvalue weighted by Crippen LogP contribution is -2.38. The maximum absolute atomic E-state index is 11.5. The van der Waals surface area contributed by atoms with Crippen LogP contribution in [0.15, 0.2) is 6.20 Å². The van der Waals surface area contributed by atoms with Gasteiger partial charge in [-0.1, -0.05) is 20.8 Å². The lowest BCUT2D eigenvalue weighted by molar-refractivity contribution is 0.0690. The molecule has 0 saturated carbocycles. The van der Waals surface area contributed by atoms with Crippen molar-refractivity contribution in [2.75, 3.05) is 23.7 Å². The third-order valence-corrected chi connectivity index (χ3v) is 4.81. The van der Waals surface area contributed by atoms with Gasteiger partial charge in [0.25, 0.3) is 0 Å². The predicted molar refractivity (Wildman–Crippen MR) is 81.8 cm³/mol. The summed E-state index contributed by atoms with van der Waals surface area (Å²) in [6, 6.07) is 0. The van der Waals surface area contributed by atoms with Crippen LogP contribution in [-0.2, 0) is 0 Å². The van der Waals surface area contributed by atoms with E-state index in [2.05, 4.69) is 21.8 Å². The molecular weight excluding hydrogens is 274 g/mol. The number of carboxylic acid groups (broad SMARTS) is 1. The van der Waals surface area contributed by atoms with Gasteiger partial charge in [-0.2, -0.15) is 11.8 Å².